The highest BCUT2D eigenvalue weighted by atomic mass is 79.9. The van der Waals surface area contributed by atoms with E-state index in [2.05, 4.69) is 26.3 Å². The van der Waals surface area contributed by atoms with Gasteiger partial charge in [0, 0.05) is 31.4 Å². The molecule has 0 unspecified atom stereocenters. The molecule has 0 bridgehead atoms. The Kier molecular flexibility index (Phi) is 6.40. The number of carbonyl (C=O) groups excluding carboxylic acids is 2. The number of rotatable bonds is 6. The zero-order valence-corrected chi connectivity index (χ0v) is 16.2. The van der Waals surface area contributed by atoms with E-state index >= 15 is 0 Å². The van der Waals surface area contributed by atoms with Crippen molar-refractivity contribution in [1.82, 2.24) is 20.0 Å². The van der Waals surface area contributed by atoms with E-state index in [0.717, 1.165) is 6.42 Å². The molecule has 0 radical (unpaired) electrons. The fourth-order valence-corrected chi connectivity index (χ4v) is 3.26. The highest BCUT2D eigenvalue weighted by Gasteiger charge is 2.35. The van der Waals surface area contributed by atoms with E-state index < -0.39 is 0 Å². The van der Waals surface area contributed by atoms with E-state index in [1.54, 1.807) is 15.8 Å². The number of nitrogens with one attached hydrogen (secondary N) is 1. The smallest absolute Gasteiger partial charge is 0.255 e. The van der Waals surface area contributed by atoms with Crippen LogP contribution in [0, 0.1) is 0 Å². The second-order valence-electron chi connectivity index (χ2n) is 6.24. The molecule has 1 aromatic heterocycles. The van der Waals surface area contributed by atoms with Crippen LogP contribution in [0.3, 0.4) is 0 Å². The summed E-state index contributed by atoms with van der Waals surface area (Å²) in [6, 6.07) is 0.0538. The Morgan fingerprint density at radius 3 is 2.79 bits per heavy atom. The minimum atomic E-state index is -0.176. The van der Waals surface area contributed by atoms with Gasteiger partial charge in [-0.3, -0.25) is 14.3 Å². The van der Waals surface area contributed by atoms with Gasteiger partial charge in [-0.15, -0.1) is 0 Å². The lowest BCUT2D eigenvalue weighted by atomic mass is 10.1. The molecule has 2 atom stereocenters. The van der Waals surface area contributed by atoms with Gasteiger partial charge in [0.1, 0.15) is 11.2 Å². The molecule has 2 rings (SSSR count). The second-order valence-corrected chi connectivity index (χ2v) is 6.99. The molecule has 134 valence electrons. The lowest BCUT2D eigenvalue weighted by molar-refractivity contribution is -0.136. The molecule has 0 spiro atoms. The van der Waals surface area contributed by atoms with Gasteiger partial charge in [0.2, 0.25) is 5.91 Å². The number of hydrogen-bond donors (Lipinski definition) is 1. The van der Waals surface area contributed by atoms with Gasteiger partial charge >= 0.3 is 0 Å². The topological polar surface area (TPSA) is 76.5 Å². The lowest BCUT2D eigenvalue weighted by Gasteiger charge is -2.25. The summed E-state index contributed by atoms with van der Waals surface area (Å²) in [5.74, 6) is -0.209. The summed E-state index contributed by atoms with van der Waals surface area (Å²) >= 11 is 3.34. The van der Waals surface area contributed by atoms with Crippen molar-refractivity contribution in [3.8, 4) is 0 Å². The van der Waals surface area contributed by atoms with Crippen molar-refractivity contribution in [2.45, 2.75) is 52.2 Å². The molecule has 1 aliphatic heterocycles. The molecule has 1 aliphatic rings. The largest absolute Gasteiger partial charge is 0.372 e. The Balaban J connectivity index is 1.99. The number of nitrogens with zero attached hydrogens (tertiary/aromatic N) is 3. The molecule has 8 heteroatoms. The summed E-state index contributed by atoms with van der Waals surface area (Å²) in [6.45, 7) is 9.05. The molecule has 7 nitrogen and oxygen atoms in total. The van der Waals surface area contributed by atoms with Crippen molar-refractivity contribution in [3.05, 3.63) is 16.4 Å². The summed E-state index contributed by atoms with van der Waals surface area (Å²) in [6.07, 6.45) is 2.47. The van der Waals surface area contributed by atoms with Gasteiger partial charge in [-0.2, -0.15) is 5.10 Å². The standard InChI is InChI=1S/C16H25BrN4O3/c1-5-24-9-14(22)20-7-6-13(11(20)4)18-16(23)12-8-21(10(2)3)19-15(12)17/h8,10-11,13H,5-7,9H2,1-4H3,(H,18,23)/t11-,13-/m1/s1. The SMILES string of the molecule is CCOCC(=O)N1CC[C@@H](NC(=O)c2cn(C(C)C)nc2Br)[C@H]1C. The number of hydrogen-bond acceptors (Lipinski definition) is 4. The van der Waals surface area contributed by atoms with Gasteiger partial charge in [0.25, 0.3) is 5.91 Å². The minimum Gasteiger partial charge on any atom is -0.372 e. The third kappa shape index (κ3) is 4.16. The summed E-state index contributed by atoms with van der Waals surface area (Å²) in [7, 11) is 0. The highest BCUT2D eigenvalue weighted by Crippen LogP contribution is 2.21. The van der Waals surface area contributed by atoms with Gasteiger partial charge in [-0.1, -0.05) is 0 Å². The third-order valence-corrected chi connectivity index (χ3v) is 4.87. The first-order valence-corrected chi connectivity index (χ1v) is 9.07. The first-order chi connectivity index (χ1) is 11.3. The van der Waals surface area contributed by atoms with Crippen LogP contribution in [0.25, 0.3) is 0 Å². The monoisotopic (exact) mass is 400 g/mol. The van der Waals surface area contributed by atoms with E-state index in [4.69, 9.17) is 4.74 Å². The lowest BCUT2D eigenvalue weighted by Crippen LogP contribution is -2.46. The van der Waals surface area contributed by atoms with E-state index in [-0.39, 0.29) is 36.5 Å². The van der Waals surface area contributed by atoms with Gasteiger partial charge in [-0.05, 0) is 50.0 Å². The predicted molar refractivity (Wildman–Crippen MR) is 93.9 cm³/mol. The van der Waals surface area contributed by atoms with Gasteiger partial charge in [0.05, 0.1) is 11.6 Å². The third-order valence-electron chi connectivity index (χ3n) is 4.28. The maximum Gasteiger partial charge on any atom is 0.255 e. The minimum absolute atomic E-state index is 0.0325. The summed E-state index contributed by atoms with van der Waals surface area (Å²) < 4.78 is 7.46. The Bertz CT molecular complexity index is 602. The predicted octanol–water partition coefficient (Wildman–Crippen LogP) is 1.98. The molecule has 2 heterocycles. The molecular weight excluding hydrogens is 376 g/mol. The Labute approximate surface area is 150 Å². The highest BCUT2D eigenvalue weighted by molar-refractivity contribution is 9.10. The Morgan fingerprint density at radius 2 is 2.21 bits per heavy atom. The molecule has 1 saturated heterocycles. The van der Waals surface area contributed by atoms with Crippen LogP contribution in [0.1, 0.15) is 50.5 Å². The van der Waals surface area contributed by atoms with Crippen LogP contribution in [0.15, 0.2) is 10.8 Å². The fraction of sp³-hybridized carbons (Fsp3) is 0.688. The molecule has 1 N–H and O–H groups in total. The van der Waals surface area contributed by atoms with E-state index in [1.807, 2.05) is 27.7 Å². The van der Waals surface area contributed by atoms with Crippen LogP contribution in [-0.2, 0) is 9.53 Å². The number of ether oxygens (including phenoxy) is 1. The summed E-state index contributed by atoms with van der Waals surface area (Å²) in [4.78, 5) is 26.4. The van der Waals surface area contributed by atoms with Crippen molar-refractivity contribution in [2.24, 2.45) is 0 Å². The Morgan fingerprint density at radius 1 is 1.50 bits per heavy atom. The van der Waals surface area contributed by atoms with Gasteiger partial charge in [-0.25, -0.2) is 0 Å². The van der Waals surface area contributed by atoms with Crippen molar-refractivity contribution >= 4 is 27.7 Å². The van der Waals surface area contributed by atoms with Crippen LogP contribution < -0.4 is 5.32 Å². The van der Waals surface area contributed by atoms with Crippen molar-refractivity contribution in [2.75, 3.05) is 19.8 Å². The summed E-state index contributed by atoms with van der Waals surface area (Å²) in [5, 5.41) is 7.32. The average molecular weight is 401 g/mol. The van der Waals surface area contributed by atoms with E-state index in [1.165, 1.54) is 0 Å². The maximum absolute atomic E-state index is 12.5. The molecule has 24 heavy (non-hydrogen) atoms. The van der Waals surface area contributed by atoms with Crippen molar-refractivity contribution in [3.63, 3.8) is 0 Å². The zero-order valence-electron chi connectivity index (χ0n) is 14.6. The number of aromatic nitrogens is 2. The van der Waals surface area contributed by atoms with Crippen molar-refractivity contribution in [1.29, 1.82) is 0 Å². The zero-order chi connectivity index (χ0) is 17.9. The molecule has 1 aromatic rings. The molecule has 0 saturated carbocycles. The van der Waals surface area contributed by atoms with Gasteiger partial charge < -0.3 is 15.0 Å². The number of halogens is 1. The molecular formula is C16H25BrN4O3. The average Bonchev–Trinajstić information content (AvgIpc) is 3.09. The van der Waals surface area contributed by atoms with Gasteiger partial charge in [0.15, 0.2) is 0 Å². The van der Waals surface area contributed by atoms with Crippen LogP contribution in [0.4, 0.5) is 0 Å². The fourth-order valence-electron chi connectivity index (χ4n) is 2.79. The normalized spacial score (nSPS) is 20.7. The molecule has 2 amide bonds. The second kappa shape index (κ2) is 8.11. The number of amides is 2. The number of likely N-dealkylation sites (tertiary alicyclic amines) is 1. The maximum atomic E-state index is 12.5. The first kappa shape index (κ1) is 18.9. The quantitative estimate of drug-likeness (QED) is 0.791. The van der Waals surface area contributed by atoms with Crippen LogP contribution >= 0.6 is 15.9 Å². The molecule has 0 aliphatic carbocycles. The van der Waals surface area contributed by atoms with E-state index in [9.17, 15) is 9.59 Å². The molecule has 1 fully saturated rings. The number of carbonyl (C=O) groups is 2. The Hall–Kier alpha value is -1.41. The first-order valence-electron chi connectivity index (χ1n) is 8.27. The van der Waals surface area contributed by atoms with Crippen LogP contribution in [0.2, 0.25) is 0 Å². The molecule has 0 aromatic carbocycles. The van der Waals surface area contributed by atoms with Crippen LogP contribution in [0.5, 0.6) is 0 Å². The van der Waals surface area contributed by atoms with Crippen molar-refractivity contribution < 1.29 is 14.3 Å². The summed E-state index contributed by atoms with van der Waals surface area (Å²) in [5.41, 5.74) is 0.509. The van der Waals surface area contributed by atoms with E-state index in [0.29, 0.717) is 23.3 Å². The van der Waals surface area contributed by atoms with Crippen LogP contribution in [-0.4, -0.2) is 58.3 Å².